The van der Waals surface area contributed by atoms with Crippen LogP contribution in [0.4, 0.5) is 0 Å². The number of hydrogen-bond acceptors (Lipinski definition) is 3. The van der Waals surface area contributed by atoms with Gasteiger partial charge < -0.3 is 19.3 Å². The van der Waals surface area contributed by atoms with Crippen LogP contribution in [0.3, 0.4) is 0 Å². The lowest BCUT2D eigenvalue weighted by atomic mass is 9.89. The third kappa shape index (κ3) is 3.84. The van der Waals surface area contributed by atoms with E-state index in [0.717, 1.165) is 5.56 Å². The molecule has 3 rings (SSSR count). The van der Waals surface area contributed by atoms with Crippen LogP contribution >= 0.6 is 0 Å². The summed E-state index contributed by atoms with van der Waals surface area (Å²) in [7, 11) is 1.58. The van der Waals surface area contributed by atoms with Crippen molar-refractivity contribution in [3.05, 3.63) is 53.9 Å². The molecule has 1 aliphatic rings. The Hall–Kier alpha value is -2.76. The van der Waals surface area contributed by atoms with E-state index in [1.165, 1.54) is 0 Å². The molecule has 27 heavy (non-hydrogen) atoms. The largest absolute Gasteiger partial charge is 0.497 e. The molecule has 1 fully saturated rings. The topological polar surface area (TPSA) is 71.8 Å². The second kappa shape index (κ2) is 7.10. The Morgan fingerprint density at radius 2 is 1.93 bits per heavy atom. The predicted molar refractivity (Wildman–Crippen MR) is 102 cm³/mol. The number of carbonyl (C=O) groups is 2. The lowest BCUT2D eigenvalue weighted by molar-refractivity contribution is -0.141. The Balaban J connectivity index is 1.84. The highest BCUT2D eigenvalue weighted by atomic mass is 16.5. The smallest absolute Gasteiger partial charge is 0.308 e. The number of methoxy groups -OCH3 is 1. The van der Waals surface area contributed by atoms with Gasteiger partial charge in [-0.1, -0.05) is 12.1 Å². The molecule has 1 amide bonds. The summed E-state index contributed by atoms with van der Waals surface area (Å²) in [5.74, 6) is -1.22. The number of carbonyl (C=O) groups excluding carboxylic acids is 1. The fourth-order valence-electron chi connectivity index (χ4n) is 3.55. The summed E-state index contributed by atoms with van der Waals surface area (Å²) in [5.41, 5.74) is 1.35. The molecule has 1 aromatic carbocycles. The predicted octanol–water partition coefficient (Wildman–Crippen LogP) is 3.19. The fourth-order valence-corrected chi connectivity index (χ4v) is 3.55. The summed E-state index contributed by atoms with van der Waals surface area (Å²) in [4.78, 5) is 26.4. The van der Waals surface area contributed by atoms with Crippen LogP contribution in [0.25, 0.3) is 0 Å². The molecule has 0 spiro atoms. The second-order valence-electron chi connectivity index (χ2n) is 8.02. The highest BCUT2D eigenvalue weighted by Gasteiger charge is 2.41. The minimum absolute atomic E-state index is 0.115. The zero-order valence-electron chi connectivity index (χ0n) is 16.2. The first-order valence-corrected chi connectivity index (χ1v) is 9.05. The van der Waals surface area contributed by atoms with Crippen LogP contribution in [0.2, 0.25) is 0 Å². The monoisotopic (exact) mass is 370 g/mol. The first-order valence-electron chi connectivity index (χ1n) is 9.05. The normalized spacial score (nSPS) is 19.9. The van der Waals surface area contributed by atoms with Crippen LogP contribution in [0, 0.1) is 5.92 Å². The number of ether oxygens (including phenoxy) is 1. The van der Waals surface area contributed by atoms with Gasteiger partial charge in [0, 0.05) is 36.9 Å². The van der Waals surface area contributed by atoms with E-state index in [4.69, 9.17) is 4.74 Å². The summed E-state index contributed by atoms with van der Waals surface area (Å²) < 4.78 is 7.25. The molecule has 1 N–H and O–H groups in total. The Morgan fingerprint density at radius 3 is 2.52 bits per heavy atom. The van der Waals surface area contributed by atoms with Gasteiger partial charge in [0.05, 0.1) is 18.6 Å². The van der Waals surface area contributed by atoms with Gasteiger partial charge >= 0.3 is 5.97 Å². The van der Waals surface area contributed by atoms with Crippen LogP contribution in [-0.4, -0.2) is 46.6 Å². The number of nitrogens with zero attached hydrogens (tertiary/aromatic N) is 2. The SMILES string of the molecule is COc1cccc([C@@H]2CN(C(=O)c3ccn(C(C)(C)C)c3)C[C@H]2C(=O)O)c1. The number of aromatic nitrogens is 1. The molecule has 1 aliphatic heterocycles. The number of hydrogen-bond donors (Lipinski definition) is 1. The average molecular weight is 370 g/mol. The maximum atomic E-state index is 13.0. The summed E-state index contributed by atoms with van der Waals surface area (Å²) in [6, 6.07) is 9.22. The van der Waals surface area contributed by atoms with Crippen LogP contribution in [-0.2, 0) is 10.3 Å². The van der Waals surface area contributed by atoms with Gasteiger partial charge in [-0.05, 0) is 44.5 Å². The molecule has 0 unspecified atom stereocenters. The molecule has 0 aliphatic carbocycles. The van der Waals surface area contributed by atoms with E-state index in [-0.39, 0.29) is 23.9 Å². The molecule has 2 aromatic rings. The van der Waals surface area contributed by atoms with Crippen molar-refractivity contribution in [3.8, 4) is 5.75 Å². The number of benzene rings is 1. The standard InChI is InChI=1S/C21H26N2O4/c1-21(2,3)23-9-8-15(11-23)19(24)22-12-17(18(13-22)20(25)26)14-6-5-7-16(10-14)27-4/h5-11,17-18H,12-13H2,1-4H3,(H,25,26)/t17-,18+/m0/s1. The summed E-state index contributed by atoms with van der Waals surface area (Å²) in [6.45, 7) is 6.78. The Labute approximate surface area is 159 Å². The third-order valence-electron chi connectivity index (χ3n) is 5.16. The molecular weight excluding hydrogens is 344 g/mol. The number of amides is 1. The maximum Gasteiger partial charge on any atom is 0.308 e. The van der Waals surface area contributed by atoms with Gasteiger partial charge in [0.25, 0.3) is 5.91 Å². The Bertz CT molecular complexity index is 850. The number of aliphatic carboxylic acids is 1. The van der Waals surface area contributed by atoms with Crippen molar-refractivity contribution >= 4 is 11.9 Å². The third-order valence-corrected chi connectivity index (χ3v) is 5.16. The second-order valence-corrected chi connectivity index (χ2v) is 8.02. The lowest BCUT2D eigenvalue weighted by Gasteiger charge is -2.21. The van der Waals surface area contributed by atoms with E-state index in [1.54, 1.807) is 18.1 Å². The molecule has 0 saturated carbocycles. The average Bonchev–Trinajstić information content (AvgIpc) is 3.28. The number of carboxylic acids is 1. The van der Waals surface area contributed by atoms with Crippen LogP contribution in [0.5, 0.6) is 5.75 Å². The van der Waals surface area contributed by atoms with Gasteiger partial charge in [-0.2, -0.15) is 0 Å². The number of carboxylic acid groups (broad SMARTS) is 1. The van der Waals surface area contributed by atoms with Gasteiger partial charge in [-0.15, -0.1) is 0 Å². The molecule has 144 valence electrons. The van der Waals surface area contributed by atoms with Crippen molar-refractivity contribution in [1.82, 2.24) is 9.47 Å². The fraction of sp³-hybridized carbons (Fsp3) is 0.429. The van der Waals surface area contributed by atoms with E-state index in [2.05, 4.69) is 20.8 Å². The highest BCUT2D eigenvalue weighted by Crippen LogP contribution is 2.35. The van der Waals surface area contributed by atoms with Gasteiger partial charge in [0.2, 0.25) is 0 Å². The van der Waals surface area contributed by atoms with E-state index < -0.39 is 11.9 Å². The molecule has 6 nitrogen and oxygen atoms in total. The van der Waals surface area contributed by atoms with E-state index >= 15 is 0 Å². The highest BCUT2D eigenvalue weighted by molar-refractivity contribution is 5.95. The minimum Gasteiger partial charge on any atom is -0.497 e. The van der Waals surface area contributed by atoms with Crippen molar-refractivity contribution in [2.75, 3.05) is 20.2 Å². The van der Waals surface area contributed by atoms with Gasteiger partial charge in [0.15, 0.2) is 0 Å². The van der Waals surface area contributed by atoms with Crippen molar-refractivity contribution in [2.24, 2.45) is 5.92 Å². The number of rotatable bonds is 4. The van der Waals surface area contributed by atoms with Gasteiger partial charge in [-0.3, -0.25) is 9.59 Å². The van der Waals surface area contributed by atoms with E-state index in [0.29, 0.717) is 17.9 Å². The summed E-state index contributed by atoms with van der Waals surface area (Å²) >= 11 is 0. The molecule has 2 atom stereocenters. The van der Waals surface area contributed by atoms with E-state index in [9.17, 15) is 14.7 Å². The van der Waals surface area contributed by atoms with Crippen molar-refractivity contribution < 1.29 is 19.4 Å². The Kier molecular flexibility index (Phi) is 5.00. The quantitative estimate of drug-likeness (QED) is 0.897. The van der Waals surface area contributed by atoms with Crippen LogP contribution in [0.1, 0.15) is 42.6 Å². The molecule has 0 radical (unpaired) electrons. The first kappa shape index (κ1) is 19.0. The molecule has 6 heteroatoms. The molecule has 0 bridgehead atoms. The first-order chi connectivity index (χ1) is 12.7. The maximum absolute atomic E-state index is 13.0. The molecule has 2 heterocycles. The van der Waals surface area contributed by atoms with Crippen molar-refractivity contribution in [2.45, 2.75) is 32.2 Å². The Morgan fingerprint density at radius 1 is 1.19 bits per heavy atom. The van der Waals surface area contributed by atoms with E-state index in [1.807, 2.05) is 41.2 Å². The van der Waals surface area contributed by atoms with Crippen LogP contribution in [0.15, 0.2) is 42.7 Å². The minimum atomic E-state index is -0.884. The van der Waals surface area contributed by atoms with Crippen molar-refractivity contribution in [1.29, 1.82) is 0 Å². The van der Waals surface area contributed by atoms with Crippen LogP contribution < -0.4 is 4.74 Å². The number of likely N-dealkylation sites (tertiary alicyclic amines) is 1. The lowest BCUT2D eigenvalue weighted by Crippen LogP contribution is -2.30. The zero-order valence-corrected chi connectivity index (χ0v) is 16.2. The molecule has 1 saturated heterocycles. The zero-order chi connectivity index (χ0) is 19.8. The summed E-state index contributed by atoms with van der Waals surface area (Å²) in [5, 5.41) is 9.68. The van der Waals surface area contributed by atoms with Gasteiger partial charge in [0.1, 0.15) is 5.75 Å². The molecular formula is C21H26N2O4. The van der Waals surface area contributed by atoms with Crippen molar-refractivity contribution in [3.63, 3.8) is 0 Å². The molecule has 1 aromatic heterocycles. The summed E-state index contributed by atoms with van der Waals surface area (Å²) in [6.07, 6.45) is 3.72. The van der Waals surface area contributed by atoms with Gasteiger partial charge in [-0.25, -0.2) is 0 Å².